The predicted molar refractivity (Wildman–Crippen MR) is 78.3 cm³/mol. The number of nitrogens with one attached hydrogen (secondary N) is 1. The monoisotopic (exact) mass is 249 g/mol. The van der Waals surface area contributed by atoms with Crippen LogP contribution >= 0.6 is 0 Å². The van der Waals surface area contributed by atoms with Crippen molar-refractivity contribution in [2.45, 2.75) is 59.1 Å². The minimum absolute atomic E-state index is 0.209. The van der Waals surface area contributed by atoms with Gasteiger partial charge in [-0.25, -0.2) is 0 Å². The van der Waals surface area contributed by atoms with Gasteiger partial charge in [-0.15, -0.1) is 0 Å². The summed E-state index contributed by atoms with van der Waals surface area (Å²) in [5.74, 6) is 0.978. The summed E-state index contributed by atoms with van der Waals surface area (Å²) in [6.45, 7) is 11.9. The van der Waals surface area contributed by atoms with Crippen molar-refractivity contribution in [3.63, 3.8) is 0 Å². The zero-order valence-electron chi connectivity index (χ0n) is 12.4. The number of ether oxygens (including phenoxy) is 1. The summed E-state index contributed by atoms with van der Waals surface area (Å²) in [6, 6.07) is 8.24. The second-order valence-corrected chi connectivity index (χ2v) is 6.06. The van der Waals surface area contributed by atoms with Crippen LogP contribution in [0.4, 0.5) is 0 Å². The molecule has 0 radical (unpaired) electrons. The van der Waals surface area contributed by atoms with Gasteiger partial charge in [0.05, 0.1) is 6.10 Å². The Morgan fingerprint density at radius 2 is 2.00 bits per heavy atom. The average molecular weight is 249 g/mol. The highest BCUT2D eigenvalue weighted by molar-refractivity contribution is 5.27. The fraction of sp³-hybridized carbons (Fsp3) is 0.625. The summed E-state index contributed by atoms with van der Waals surface area (Å²) >= 11 is 0. The van der Waals surface area contributed by atoms with E-state index in [0.29, 0.717) is 0 Å². The number of rotatable bonds is 6. The Morgan fingerprint density at radius 1 is 1.28 bits per heavy atom. The van der Waals surface area contributed by atoms with Gasteiger partial charge in [-0.3, -0.25) is 0 Å². The van der Waals surface area contributed by atoms with Crippen molar-refractivity contribution in [2.75, 3.05) is 6.54 Å². The van der Waals surface area contributed by atoms with E-state index >= 15 is 0 Å². The molecule has 0 saturated carbocycles. The highest BCUT2D eigenvalue weighted by atomic mass is 16.5. The van der Waals surface area contributed by atoms with Gasteiger partial charge in [0.1, 0.15) is 5.75 Å². The topological polar surface area (TPSA) is 21.3 Å². The Kier molecular flexibility index (Phi) is 5.67. The first-order valence-corrected chi connectivity index (χ1v) is 6.85. The van der Waals surface area contributed by atoms with E-state index in [1.807, 2.05) is 12.1 Å². The fourth-order valence-electron chi connectivity index (χ4n) is 1.83. The van der Waals surface area contributed by atoms with E-state index in [1.165, 1.54) is 5.56 Å². The lowest BCUT2D eigenvalue weighted by atomic mass is 10.1. The molecule has 0 amide bonds. The Labute approximate surface area is 112 Å². The third-order valence-electron chi connectivity index (χ3n) is 2.77. The zero-order valence-corrected chi connectivity index (χ0v) is 12.4. The highest BCUT2D eigenvalue weighted by Gasteiger charge is 2.09. The molecule has 0 saturated heterocycles. The van der Waals surface area contributed by atoms with Gasteiger partial charge in [-0.2, -0.15) is 0 Å². The van der Waals surface area contributed by atoms with Crippen LogP contribution < -0.4 is 10.1 Å². The van der Waals surface area contributed by atoms with Crippen molar-refractivity contribution >= 4 is 0 Å². The van der Waals surface area contributed by atoms with E-state index in [2.05, 4.69) is 52.1 Å². The van der Waals surface area contributed by atoms with Crippen LogP contribution in [0.15, 0.2) is 24.3 Å². The molecule has 0 aliphatic heterocycles. The first-order valence-electron chi connectivity index (χ1n) is 6.85. The van der Waals surface area contributed by atoms with E-state index in [0.717, 1.165) is 25.1 Å². The summed E-state index contributed by atoms with van der Waals surface area (Å²) in [4.78, 5) is 0. The summed E-state index contributed by atoms with van der Waals surface area (Å²) in [7, 11) is 0. The molecule has 1 N–H and O–H groups in total. The molecule has 0 bridgehead atoms. The fourth-order valence-corrected chi connectivity index (χ4v) is 1.83. The van der Waals surface area contributed by atoms with Gasteiger partial charge < -0.3 is 10.1 Å². The van der Waals surface area contributed by atoms with Crippen molar-refractivity contribution in [1.82, 2.24) is 5.32 Å². The zero-order chi connectivity index (χ0) is 13.6. The quantitative estimate of drug-likeness (QED) is 0.771. The largest absolute Gasteiger partial charge is 0.491 e. The lowest BCUT2D eigenvalue weighted by Gasteiger charge is -2.21. The smallest absolute Gasteiger partial charge is 0.119 e. The average Bonchev–Trinajstić information content (AvgIpc) is 2.23. The van der Waals surface area contributed by atoms with Crippen molar-refractivity contribution in [3.05, 3.63) is 29.8 Å². The highest BCUT2D eigenvalue weighted by Crippen LogP contribution is 2.15. The number of hydrogen-bond acceptors (Lipinski definition) is 2. The molecule has 1 unspecified atom stereocenters. The van der Waals surface area contributed by atoms with Crippen molar-refractivity contribution in [1.29, 1.82) is 0 Å². The van der Waals surface area contributed by atoms with Gasteiger partial charge in [-0.05, 0) is 71.7 Å². The SMILES string of the molecule is Cc1cccc(OC(C)CCCNC(C)(C)C)c1. The van der Waals surface area contributed by atoms with E-state index in [9.17, 15) is 0 Å². The molecule has 1 aromatic carbocycles. The molecular formula is C16H27NO. The lowest BCUT2D eigenvalue weighted by Crippen LogP contribution is -2.36. The molecule has 2 nitrogen and oxygen atoms in total. The van der Waals surface area contributed by atoms with Crippen LogP contribution in [0, 0.1) is 6.92 Å². The first kappa shape index (κ1) is 15.0. The normalized spacial score (nSPS) is 13.4. The third kappa shape index (κ3) is 6.65. The minimum Gasteiger partial charge on any atom is -0.491 e. The number of benzene rings is 1. The molecule has 0 spiro atoms. The van der Waals surface area contributed by atoms with Crippen molar-refractivity contribution in [2.24, 2.45) is 0 Å². The van der Waals surface area contributed by atoms with Gasteiger partial charge in [0.2, 0.25) is 0 Å². The summed E-state index contributed by atoms with van der Waals surface area (Å²) in [6.07, 6.45) is 2.50. The van der Waals surface area contributed by atoms with Gasteiger partial charge >= 0.3 is 0 Å². The standard InChI is InChI=1S/C16H27NO/c1-13-8-6-10-15(12-13)18-14(2)9-7-11-17-16(3,4)5/h6,8,10,12,14,17H,7,9,11H2,1-5H3. The molecule has 1 rings (SSSR count). The Morgan fingerprint density at radius 3 is 2.61 bits per heavy atom. The molecule has 0 aromatic heterocycles. The van der Waals surface area contributed by atoms with Crippen molar-refractivity contribution in [3.8, 4) is 5.75 Å². The molecule has 18 heavy (non-hydrogen) atoms. The maximum Gasteiger partial charge on any atom is 0.119 e. The van der Waals surface area contributed by atoms with Crippen molar-refractivity contribution < 1.29 is 4.74 Å². The van der Waals surface area contributed by atoms with Gasteiger partial charge in [0.15, 0.2) is 0 Å². The molecule has 0 aliphatic carbocycles. The molecule has 0 fully saturated rings. The predicted octanol–water partition coefficient (Wildman–Crippen LogP) is 3.93. The lowest BCUT2D eigenvalue weighted by molar-refractivity contribution is 0.206. The maximum absolute atomic E-state index is 5.90. The van der Waals surface area contributed by atoms with Gasteiger partial charge in [0.25, 0.3) is 0 Å². The molecule has 0 aliphatic rings. The summed E-state index contributed by atoms with van der Waals surface area (Å²) < 4.78 is 5.90. The Balaban J connectivity index is 2.24. The van der Waals surface area contributed by atoms with Crippen LogP contribution in [0.5, 0.6) is 5.75 Å². The summed E-state index contributed by atoms with van der Waals surface area (Å²) in [5, 5.41) is 3.49. The molecule has 1 atom stereocenters. The Bertz CT molecular complexity index is 354. The molecule has 2 heteroatoms. The Hall–Kier alpha value is -1.02. The number of aryl methyl sites for hydroxylation is 1. The molecular weight excluding hydrogens is 222 g/mol. The molecule has 1 aromatic rings. The van der Waals surface area contributed by atoms with E-state index in [4.69, 9.17) is 4.74 Å². The second kappa shape index (κ2) is 6.79. The minimum atomic E-state index is 0.209. The van der Waals surface area contributed by atoms with Crippen LogP contribution in [0.25, 0.3) is 0 Å². The van der Waals surface area contributed by atoms with Crippen LogP contribution in [-0.2, 0) is 0 Å². The molecule has 0 heterocycles. The van der Waals surface area contributed by atoms with Crippen LogP contribution in [0.1, 0.15) is 46.1 Å². The van der Waals surface area contributed by atoms with E-state index in [1.54, 1.807) is 0 Å². The first-order chi connectivity index (χ1) is 8.37. The van der Waals surface area contributed by atoms with E-state index < -0.39 is 0 Å². The van der Waals surface area contributed by atoms with E-state index in [-0.39, 0.29) is 11.6 Å². The van der Waals surface area contributed by atoms with Crippen LogP contribution in [-0.4, -0.2) is 18.2 Å². The maximum atomic E-state index is 5.90. The number of hydrogen-bond donors (Lipinski definition) is 1. The summed E-state index contributed by atoms with van der Waals surface area (Å²) in [5.41, 5.74) is 1.45. The van der Waals surface area contributed by atoms with Gasteiger partial charge in [-0.1, -0.05) is 12.1 Å². The van der Waals surface area contributed by atoms with Crippen LogP contribution in [0.3, 0.4) is 0 Å². The second-order valence-electron chi connectivity index (χ2n) is 6.06. The third-order valence-corrected chi connectivity index (χ3v) is 2.77. The van der Waals surface area contributed by atoms with Gasteiger partial charge in [0, 0.05) is 5.54 Å². The van der Waals surface area contributed by atoms with Crippen LogP contribution in [0.2, 0.25) is 0 Å². The molecule has 102 valence electrons.